The predicted molar refractivity (Wildman–Crippen MR) is 75.3 cm³/mol. The smallest absolute Gasteiger partial charge is 0.165 e. The summed E-state index contributed by atoms with van der Waals surface area (Å²) in [7, 11) is 0. The highest BCUT2D eigenvalue weighted by Gasteiger charge is 2.01. The van der Waals surface area contributed by atoms with Gasteiger partial charge in [0.1, 0.15) is 5.75 Å². The van der Waals surface area contributed by atoms with E-state index in [1.807, 2.05) is 12.1 Å². The Morgan fingerprint density at radius 3 is 2.53 bits per heavy atom. The molecule has 2 aromatic carbocycles. The van der Waals surface area contributed by atoms with Gasteiger partial charge in [-0.05, 0) is 42.8 Å². The third kappa shape index (κ3) is 4.48. The number of phenols is 1. The van der Waals surface area contributed by atoms with Crippen molar-refractivity contribution < 1.29 is 14.2 Å². The lowest BCUT2D eigenvalue weighted by Gasteiger charge is -2.06. The summed E-state index contributed by atoms with van der Waals surface area (Å²) in [5, 5.41) is 9.15. The standard InChI is InChI=1S/C15H15FO2S/c16-14-4-1-2-5-15(14)18-10-3-11-19-13-8-6-12(17)7-9-13/h1-2,4-9,17H,3,10-11H2. The number of aromatic hydroxyl groups is 1. The Kier molecular flexibility index (Phi) is 5.10. The number of thioether (sulfide) groups is 1. The van der Waals surface area contributed by atoms with Gasteiger partial charge in [-0.1, -0.05) is 12.1 Å². The van der Waals surface area contributed by atoms with Crippen molar-refractivity contribution in [2.75, 3.05) is 12.4 Å². The minimum absolute atomic E-state index is 0.271. The highest BCUT2D eigenvalue weighted by Crippen LogP contribution is 2.21. The van der Waals surface area contributed by atoms with Crippen molar-refractivity contribution in [3.63, 3.8) is 0 Å². The van der Waals surface area contributed by atoms with Crippen LogP contribution >= 0.6 is 11.8 Å². The predicted octanol–water partition coefficient (Wildman–Crippen LogP) is 4.09. The second-order valence-electron chi connectivity index (χ2n) is 3.97. The van der Waals surface area contributed by atoms with Crippen molar-refractivity contribution >= 4 is 11.8 Å². The van der Waals surface area contributed by atoms with Crippen LogP contribution in [0.25, 0.3) is 0 Å². The molecule has 0 spiro atoms. The first kappa shape index (κ1) is 13.7. The molecule has 0 fully saturated rings. The molecule has 2 aromatic rings. The quantitative estimate of drug-likeness (QED) is 0.637. The molecule has 0 amide bonds. The minimum atomic E-state index is -0.325. The number of hydrogen-bond donors (Lipinski definition) is 1. The maximum Gasteiger partial charge on any atom is 0.165 e. The number of rotatable bonds is 6. The van der Waals surface area contributed by atoms with Crippen LogP contribution in [-0.2, 0) is 0 Å². The second kappa shape index (κ2) is 7.04. The first-order valence-corrected chi connectivity index (χ1v) is 7.03. The van der Waals surface area contributed by atoms with Crippen LogP contribution in [0.1, 0.15) is 6.42 Å². The fraction of sp³-hybridized carbons (Fsp3) is 0.200. The molecule has 0 aliphatic heterocycles. The van der Waals surface area contributed by atoms with Gasteiger partial charge in [0, 0.05) is 10.6 Å². The molecular formula is C15H15FO2S. The van der Waals surface area contributed by atoms with E-state index < -0.39 is 0 Å². The highest BCUT2D eigenvalue weighted by atomic mass is 32.2. The van der Waals surface area contributed by atoms with E-state index in [4.69, 9.17) is 9.84 Å². The van der Waals surface area contributed by atoms with Crippen LogP contribution < -0.4 is 4.74 Å². The largest absolute Gasteiger partial charge is 0.508 e. The van der Waals surface area contributed by atoms with Gasteiger partial charge in [-0.25, -0.2) is 4.39 Å². The first-order valence-electron chi connectivity index (χ1n) is 6.05. The van der Waals surface area contributed by atoms with Crippen molar-refractivity contribution in [2.24, 2.45) is 0 Å². The Bertz CT molecular complexity index is 514. The number of phenolic OH excluding ortho intramolecular Hbond substituents is 1. The number of benzene rings is 2. The highest BCUT2D eigenvalue weighted by molar-refractivity contribution is 7.99. The van der Waals surface area contributed by atoms with Crippen LogP contribution in [0, 0.1) is 5.82 Å². The molecule has 0 heterocycles. The maximum absolute atomic E-state index is 13.2. The van der Waals surface area contributed by atoms with Crippen LogP contribution in [0.15, 0.2) is 53.4 Å². The molecule has 100 valence electrons. The fourth-order valence-electron chi connectivity index (χ4n) is 1.54. The Balaban J connectivity index is 1.67. The normalized spacial score (nSPS) is 10.4. The van der Waals surface area contributed by atoms with E-state index in [1.165, 1.54) is 6.07 Å². The molecule has 2 nitrogen and oxygen atoms in total. The number of hydrogen-bond acceptors (Lipinski definition) is 3. The Hall–Kier alpha value is -1.68. The van der Waals surface area contributed by atoms with E-state index in [0.717, 1.165) is 17.1 Å². The van der Waals surface area contributed by atoms with Crippen LogP contribution in [0.4, 0.5) is 4.39 Å². The van der Waals surface area contributed by atoms with Gasteiger partial charge < -0.3 is 9.84 Å². The maximum atomic E-state index is 13.2. The van der Waals surface area contributed by atoms with Gasteiger partial charge in [-0.3, -0.25) is 0 Å². The fourth-order valence-corrected chi connectivity index (χ4v) is 2.36. The summed E-state index contributed by atoms with van der Waals surface area (Å²) in [6.07, 6.45) is 0.833. The molecule has 0 aliphatic rings. The van der Waals surface area contributed by atoms with Gasteiger partial charge in [-0.15, -0.1) is 11.8 Å². The zero-order chi connectivity index (χ0) is 13.5. The van der Waals surface area contributed by atoms with E-state index >= 15 is 0 Å². The molecule has 0 saturated heterocycles. The minimum Gasteiger partial charge on any atom is -0.508 e. The lowest BCUT2D eigenvalue weighted by molar-refractivity contribution is 0.302. The summed E-state index contributed by atoms with van der Waals surface area (Å²) in [4.78, 5) is 1.10. The van der Waals surface area contributed by atoms with Crippen molar-refractivity contribution in [1.29, 1.82) is 0 Å². The molecule has 19 heavy (non-hydrogen) atoms. The van der Waals surface area contributed by atoms with E-state index in [2.05, 4.69) is 0 Å². The Morgan fingerprint density at radius 2 is 1.79 bits per heavy atom. The lowest BCUT2D eigenvalue weighted by Crippen LogP contribution is -2.00. The number of halogens is 1. The van der Waals surface area contributed by atoms with E-state index in [9.17, 15) is 4.39 Å². The van der Waals surface area contributed by atoms with Gasteiger partial charge in [0.15, 0.2) is 11.6 Å². The van der Waals surface area contributed by atoms with Crippen molar-refractivity contribution in [3.8, 4) is 11.5 Å². The van der Waals surface area contributed by atoms with Crippen molar-refractivity contribution in [2.45, 2.75) is 11.3 Å². The van der Waals surface area contributed by atoms with E-state index in [1.54, 1.807) is 42.1 Å². The van der Waals surface area contributed by atoms with Crippen LogP contribution in [0.5, 0.6) is 11.5 Å². The monoisotopic (exact) mass is 278 g/mol. The third-order valence-corrected chi connectivity index (χ3v) is 3.59. The topological polar surface area (TPSA) is 29.5 Å². The van der Waals surface area contributed by atoms with Crippen LogP contribution in [-0.4, -0.2) is 17.5 Å². The average molecular weight is 278 g/mol. The number of para-hydroxylation sites is 1. The van der Waals surface area contributed by atoms with Crippen molar-refractivity contribution in [1.82, 2.24) is 0 Å². The van der Waals surface area contributed by atoms with Crippen molar-refractivity contribution in [3.05, 3.63) is 54.3 Å². The summed E-state index contributed by atoms with van der Waals surface area (Å²) in [6, 6.07) is 13.5. The average Bonchev–Trinajstić information content (AvgIpc) is 2.42. The molecule has 0 unspecified atom stereocenters. The van der Waals surface area contributed by atoms with Gasteiger partial charge in [0.25, 0.3) is 0 Å². The third-order valence-electron chi connectivity index (χ3n) is 2.49. The molecule has 4 heteroatoms. The van der Waals surface area contributed by atoms with E-state index in [-0.39, 0.29) is 11.6 Å². The summed E-state index contributed by atoms with van der Waals surface area (Å²) >= 11 is 1.68. The molecule has 0 aromatic heterocycles. The molecule has 0 bridgehead atoms. The van der Waals surface area contributed by atoms with Gasteiger partial charge >= 0.3 is 0 Å². The van der Waals surface area contributed by atoms with Crippen LogP contribution in [0.2, 0.25) is 0 Å². The summed E-state index contributed by atoms with van der Waals surface area (Å²) in [5.41, 5.74) is 0. The Labute approximate surface area is 116 Å². The van der Waals surface area contributed by atoms with Gasteiger partial charge in [-0.2, -0.15) is 0 Å². The lowest BCUT2D eigenvalue weighted by atomic mass is 10.3. The molecule has 0 radical (unpaired) electrons. The second-order valence-corrected chi connectivity index (χ2v) is 5.14. The first-order chi connectivity index (χ1) is 9.25. The molecular weight excluding hydrogens is 263 g/mol. The summed E-state index contributed by atoms with van der Waals surface area (Å²) < 4.78 is 18.6. The molecule has 2 rings (SSSR count). The molecule has 0 atom stereocenters. The zero-order valence-electron chi connectivity index (χ0n) is 10.4. The number of ether oxygens (including phenoxy) is 1. The molecule has 0 aliphatic carbocycles. The Morgan fingerprint density at radius 1 is 1.05 bits per heavy atom. The van der Waals surface area contributed by atoms with E-state index in [0.29, 0.717) is 12.4 Å². The zero-order valence-corrected chi connectivity index (χ0v) is 11.2. The van der Waals surface area contributed by atoms with Crippen LogP contribution in [0.3, 0.4) is 0 Å². The van der Waals surface area contributed by atoms with Gasteiger partial charge in [0.2, 0.25) is 0 Å². The molecule has 0 saturated carbocycles. The summed E-state index contributed by atoms with van der Waals surface area (Å²) in [5.74, 6) is 1.14. The van der Waals surface area contributed by atoms with Gasteiger partial charge in [0.05, 0.1) is 6.61 Å². The SMILES string of the molecule is Oc1ccc(SCCCOc2ccccc2F)cc1. The summed E-state index contributed by atoms with van der Waals surface area (Å²) in [6.45, 7) is 0.492. The molecule has 1 N–H and O–H groups in total.